The van der Waals surface area contributed by atoms with E-state index < -0.39 is 29.0 Å². The molecule has 4 aromatic rings. The predicted molar refractivity (Wildman–Crippen MR) is 139 cm³/mol. The Kier molecular flexibility index (Phi) is 6.05. The van der Waals surface area contributed by atoms with E-state index in [0.29, 0.717) is 40.7 Å². The second-order valence-corrected chi connectivity index (χ2v) is 10.8. The lowest BCUT2D eigenvalue weighted by atomic mass is 9.98. The third-order valence-corrected chi connectivity index (χ3v) is 6.96. The highest BCUT2D eigenvalue weighted by molar-refractivity contribution is 6.35. The van der Waals surface area contributed by atoms with Crippen LogP contribution in [-0.2, 0) is 30.1 Å². The van der Waals surface area contributed by atoms with Gasteiger partial charge in [0.05, 0.1) is 37.0 Å². The number of imidazole rings is 1. The van der Waals surface area contributed by atoms with Gasteiger partial charge in [-0.2, -0.15) is 0 Å². The highest BCUT2D eigenvalue weighted by atomic mass is 35.5. The average molecular weight is 529 g/mol. The zero-order chi connectivity index (χ0) is 26.8. The van der Waals surface area contributed by atoms with Crippen molar-refractivity contribution in [2.45, 2.75) is 39.0 Å². The summed E-state index contributed by atoms with van der Waals surface area (Å²) in [5, 5.41) is 1.04. The number of aromatic nitrogens is 5. The predicted octanol–water partition coefficient (Wildman–Crippen LogP) is 2.52. The molecule has 0 spiro atoms. The Bertz CT molecular complexity index is 1670. The van der Waals surface area contributed by atoms with E-state index in [9.17, 15) is 14.4 Å². The van der Waals surface area contributed by atoms with Gasteiger partial charge in [-0.3, -0.25) is 13.9 Å². The maximum absolute atomic E-state index is 13.7. The molecule has 2 N–H and O–H groups in total. The van der Waals surface area contributed by atoms with Crippen molar-refractivity contribution in [2.24, 2.45) is 25.7 Å². The van der Waals surface area contributed by atoms with Crippen molar-refractivity contribution in [1.29, 1.82) is 0 Å². The first-order valence-electron chi connectivity index (χ1n) is 11.9. The van der Waals surface area contributed by atoms with E-state index in [2.05, 4.69) is 4.98 Å². The van der Waals surface area contributed by atoms with Crippen LogP contribution >= 0.6 is 11.6 Å². The van der Waals surface area contributed by atoms with Gasteiger partial charge >= 0.3 is 11.8 Å². The number of halogens is 1. The van der Waals surface area contributed by atoms with E-state index in [1.807, 2.05) is 0 Å². The van der Waals surface area contributed by atoms with Gasteiger partial charge in [0.15, 0.2) is 11.2 Å². The van der Waals surface area contributed by atoms with Gasteiger partial charge < -0.3 is 19.8 Å². The molecule has 1 unspecified atom stereocenters. The van der Waals surface area contributed by atoms with Gasteiger partial charge in [-0.15, -0.1) is 0 Å². The Morgan fingerprint density at radius 3 is 2.57 bits per heavy atom. The van der Waals surface area contributed by atoms with Crippen LogP contribution in [0.25, 0.3) is 22.1 Å². The van der Waals surface area contributed by atoms with E-state index in [1.54, 1.807) is 63.7 Å². The number of nitrogens with zero attached hydrogens (tertiary/aromatic N) is 5. The smallest absolute Gasteiger partial charge is 0.419 e. The Morgan fingerprint density at radius 1 is 1.24 bits per heavy atom. The zero-order valence-corrected chi connectivity index (χ0v) is 22.1. The average Bonchev–Trinajstić information content (AvgIpc) is 3.31. The monoisotopic (exact) mass is 528 g/mol. The van der Waals surface area contributed by atoms with E-state index >= 15 is 0 Å². The summed E-state index contributed by atoms with van der Waals surface area (Å²) in [5.41, 5.74) is 5.90. The topological polar surface area (TPSA) is 128 Å². The molecule has 0 aliphatic carbocycles. The van der Waals surface area contributed by atoms with Gasteiger partial charge in [0.1, 0.15) is 11.4 Å². The molecule has 0 bridgehead atoms. The fraction of sp³-hybridized carbons (Fsp3) is 0.440. The number of benzene rings is 1. The fourth-order valence-electron chi connectivity index (χ4n) is 4.62. The van der Waals surface area contributed by atoms with Crippen LogP contribution in [0.1, 0.15) is 38.3 Å². The largest absolute Gasteiger partial charge is 0.443 e. The van der Waals surface area contributed by atoms with Crippen molar-refractivity contribution in [3.05, 3.63) is 61.6 Å². The summed E-state index contributed by atoms with van der Waals surface area (Å²) >= 11 is 6.41. The lowest BCUT2D eigenvalue weighted by Crippen LogP contribution is -2.40. The Balaban J connectivity index is 1.68. The van der Waals surface area contributed by atoms with E-state index in [-0.39, 0.29) is 23.6 Å². The summed E-state index contributed by atoms with van der Waals surface area (Å²) in [6.45, 7) is 6.14. The van der Waals surface area contributed by atoms with Crippen molar-refractivity contribution < 1.29 is 14.3 Å². The van der Waals surface area contributed by atoms with Crippen LogP contribution in [0.2, 0.25) is 5.02 Å². The van der Waals surface area contributed by atoms with Crippen molar-refractivity contribution in [3.8, 4) is 0 Å². The number of carbonyl (C=O) groups is 1. The molecule has 1 aliphatic rings. The van der Waals surface area contributed by atoms with Crippen molar-refractivity contribution in [1.82, 2.24) is 23.3 Å². The van der Waals surface area contributed by atoms with Crippen molar-refractivity contribution in [3.63, 3.8) is 0 Å². The van der Waals surface area contributed by atoms with Crippen LogP contribution in [0, 0.1) is 5.92 Å². The molecule has 1 atom stereocenters. The molecule has 1 fully saturated rings. The number of aryl methyl sites for hydroxylation is 2. The van der Waals surface area contributed by atoms with Gasteiger partial charge in [-0.1, -0.05) is 17.7 Å². The molecule has 11 nitrogen and oxygen atoms in total. The molecule has 0 amide bonds. The molecule has 4 heterocycles. The highest BCUT2D eigenvalue weighted by Gasteiger charge is 2.31. The van der Waals surface area contributed by atoms with Crippen LogP contribution in [0.3, 0.4) is 0 Å². The first kappa shape index (κ1) is 25.2. The van der Waals surface area contributed by atoms with Gasteiger partial charge in [-0.25, -0.2) is 19.1 Å². The highest BCUT2D eigenvalue weighted by Crippen LogP contribution is 2.29. The van der Waals surface area contributed by atoms with Gasteiger partial charge in [0.25, 0.3) is 5.56 Å². The number of carbonyl (C=O) groups excluding carboxylic acids is 1. The lowest BCUT2D eigenvalue weighted by molar-refractivity contribution is -0.0456. The molecule has 1 saturated heterocycles. The van der Waals surface area contributed by atoms with Crippen LogP contribution < -0.4 is 17.0 Å². The summed E-state index contributed by atoms with van der Waals surface area (Å²) in [4.78, 5) is 44.8. The standard InChI is InChI=1S/C25H29ClN6O5/c1-25(2,3)37-24(35)32-14(9-15-16(26)7-6-8-17(15)32)10-31-22(33)19-21(30(5)23(31)34)28-20(29(19)4)18(27)13-11-36-12-13/h6-9,13,18H,10-12,27H2,1-5H3. The molecule has 37 heavy (non-hydrogen) atoms. The SMILES string of the molecule is Cn1c(C(N)C2COC2)nc2c1c(=O)n(Cc1cc3c(Cl)cccc3n1C(=O)OC(C)(C)C)c(=O)n2C. The van der Waals surface area contributed by atoms with E-state index in [4.69, 9.17) is 26.8 Å². The molecule has 12 heteroatoms. The molecule has 1 aliphatic heterocycles. The molecule has 0 radical (unpaired) electrons. The minimum atomic E-state index is -0.759. The summed E-state index contributed by atoms with van der Waals surface area (Å²) in [6, 6.07) is 6.42. The molecule has 196 valence electrons. The molecule has 5 rings (SSSR count). The number of fused-ring (bicyclic) bond motifs is 2. The van der Waals surface area contributed by atoms with Crippen molar-refractivity contribution >= 4 is 39.8 Å². The van der Waals surface area contributed by atoms with E-state index in [0.717, 1.165) is 4.57 Å². The molecule has 3 aromatic heterocycles. The molecular weight excluding hydrogens is 500 g/mol. The minimum Gasteiger partial charge on any atom is -0.443 e. The fourth-order valence-corrected chi connectivity index (χ4v) is 4.85. The Morgan fingerprint density at radius 2 is 1.95 bits per heavy atom. The normalized spacial score (nSPS) is 15.3. The lowest BCUT2D eigenvalue weighted by Gasteiger charge is -2.30. The third kappa shape index (κ3) is 4.16. The van der Waals surface area contributed by atoms with Crippen LogP contribution in [0.15, 0.2) is 33.9 Å². The molecule has 0 saturated carbocycles. The maximum Gasteiger partial charge on any atom is 0.419 e. The summed E-state index contributed by atoms with van der Waals surface area (Å²) in [7, 11) is 3.26. The molecular formula is C25H29ClN6O5. The number of hydrogen-bond donors (Lipinski definition) is 1. The van der Waals surface area contributed by atoms with Gasteiger partial charge in [0.2, 0.25) is 0 Å². The van der Waals surface area contributed by atoms with E-state index in [1.165, 1.54) is 9.13 Å². The summed E-state index contributed by atoms with van der Waals surface area (Å²) in [6.07, 6.45) is -0.637. The number of nitrogens with two attached hydrogens (primary N) is 1. The zero-order valence-electron chi connectivity index (χ0n) is 21.3. The van der Waals surface area contributed by atoms with Gasteiger partial charge in [-0.05, 0) is 39.0 Å². The van der Waals surface area contributed by atoms with Crippen LogP contribution in [0.5, 0.6) is 0 Å². The second kappa shape index (κ2) is 8.86. The Hall–Kier alpha value is -3.41. The quantitative estimate of drug-likeness (QED) is 0.431. The minimum absolute atomic E-state index is 0.0871. The number of hydrogen-bond acceptors (Lipinski definition) is 7. The second-order valence-electron chi connectivity index (χ2n) is 10.4. The maximum atomic E-state index is 13.7. The number of ether oxygens (including phenoxy) is 2. The van der Waals surface area contributed by atoms with Gasteiger partial charge in [0, 0.05) is 30.4 Å². The molecule has 1 aromatic carbocycles. The first-order chi connectivity index (χ1) is 17.4. The first-order valence-corrected chi connectivity index (χ1v) is 12.3. The third-order valence-electron chi connectivity index (χ3n) is 6.63. The summed E-state index contributed by atoms with van der Waals surface area (Å²) < 4.78 is 16.3. The van der Waals surface area contributed by atoms with Crippen LogP contribution in [-0.4, -0.2) is 48.2 Å². The summed E-state index contributed by atoms with van der Waals surface area (Å²) in [5.74, 6) is 0.590. The van der Waals surface area contributed by atoms with Crippen LogP contribution in [0.4, 0.5) is 4.79 Å². The van der Waals surface area contributed by atoms with Crippen molar-refractivity contribution in [2.75, 3.05) is 13.2 Å². The Labute approximate surface area is 216 Å². The number of rotatable bonds is 4.